The van der Waals surface area contributed by atoms with Gasteiger partial charge in [-0.15, -0.1) is 0 Å². The van der Waals surface area contributed by atoms with E-state index in [4.69, 9.17) is 4.74 Å². The fourth-order valence-corrected chi connectivity index (χ4v) is 3.28. The van der Waals surface area contributed by atoms with Crippen molar-refractivity contribution >= 4 is 17.5 Å². The van der Waals surface area contributed by atoms with Gasteiger partial charge in [0.25, 0.3) is 5.91 Å². The number of rotatable bonds is 5. The number of nitrogens with one attached hydrogen (secondary N) is 1. The third-order valence-electron chi connectivity index (χ3n) is 4.31. The predicted octanol–water partition coefficient (Wildman–Crippen LogP) is 3.12. The number of amides is 2. The summed E-state index contributed by atoms with van der Waals surface area (Å²) >= 11 is 0. The van der Waals surface area contributed by atoms with Crippen molar-refractivity contribution in [1.82, 2.24) is 5.32 Å². The average molecular weight is 338 g/mol. The number of fused-ring (bicyclic) bond motifs is 1. The number of carbonyl (C=O) groups excluding carboxylic acids is 2. The smallest absolute Gasteiger partial charge is 0.254 e. The van der Waals surface area contributed by atoms with Crippen LogP contribution in [0.3, 0.4) is 0 Å². The van der Waals surface area contributed by atoms with Crippen molar-refractivity contribution in [3.05, 3.63) is 59.2 Å². The molecule has 5 nitrogen and oxygen atoms in total. The zero-order chi connectivity index (χ0) is 18.0. The number of hydrogen-bond acceptors (Lipinski definition) is 3. The topological polar surface area (TPSA) is 58.6 Å². The summed E-state index contributed by atoms with van der Waals surface area (Å²) in [5.74, 6) is 0.434. The lowest BCUT2D eigenvalue weighted by atomic mass is 10.0. The first-order valence-corrected chi connectivity index (χ1v) is 8.41. The molecule has 1 heterocycles. The SMILES string of the molecule is CCOc1ccccc1CN1C(=O)[C@H](NC(C)=O)c2cccc(C)c21. The Labute approximate surface area is 147 Å². The van der Waals surface area contributed by atoms with E-state index in [0.717, 1.165) is 28.1 Å². The standard InChI is InChI=1S/C20H22N2O3/c1-4-25-17-11-6-5-9-15(17)12-22-19-13(2)8-7-10-16(19)18(20(22)24)21-14(3)23/h5-11,18H,4,12H2,1-3H3,(H,21,23)/t18-/m1/s1. The molecule has 1 aliphatic heterocycles. The summed E-state index contributed by atoms with van der Waals surface area (Å²) in [6.07, 6.45) is 0. The molecule has 0 bridgehead atoms. The van der Waals surface area contributed by atoms with E-state index in [2.05, 4.69) is 5.32 Å². The summed E-state index contributed by atoms with van der Waals surface area (Å²) in [5, 5.41) is 2.77. The highest BCUT2D eigenvalue weighted by Crippen LogP contribution is 2.40. The highest BCUT2D eigenvalue weighted by Gasteiger charge is 2.38. The minimum absolute atomic E-state index is 0.120. The monoisotopic (exact) mass is 338 g/mol. The molecule has 1 N–H and O–H groups in total. The minimum Gasteiger partial charge on any atom is -0.494 e. The number of aryl methyl sites for hydroxylation is 1. The summed E-state index contributed by atoms with van der Waals surface area (Å²) < 4.78 is 5.68. The molecule has 0 saturated carbocycles. The molecule has 1 aliphatic rings. The van der Waals surface area contributed by atoms with Crippen molar-refractivity contribution < 1.29 is 14.3 Å². The normalized spacial score (nSPS) is 15.9. The van der Waals surface area contributed by atoms with E-state index in [-0.39, 0.29) is 11.8 Å². The van der Waals surface area contributed by atoms with Crippen LogP contribution in [-0.4, -0.2) is 18.4 Å². The van der Waals surface area contributed by atoms with Gasteiger partial charge in [0.15, 0.2) is 0 Å². The van der Waals surface area contributed by atoms with E-state index < -0.39 is 6.04 Å². The molecule has 2 aromatic rings. The Morgan fingerprint density at radius 1 is 1.20 bits per heavy atom. The van der Waals surface area contributed by atoms with Crippen molar-refractivity contribution in [3.63, 3.8) is 0 Å². The molecule has 0 fully saturated rings. The number of hydrogen-bond donors (Lipinski definition) is 1. The predicted molar refractivity (Wildman–Crippen MR) is 96.5 cm³/mol. The molecule has 0 unspecified atom stereocenters. The second-order valence-corrected chi connectivity index (χ2v) is 6.11. The fourth-order valence-electron chi connectivity index (χ4n) is 3.28. The third kappa shape index (κ3) is 3.22. The number of carbonyl (C=O) groups is 2. The zero-order valence-corrected chi connectivity index (χ0v) is 14.7. The van der Waals surface area contributed by atoms with Crippen molar-refractivity contribution in [2.45, 2.75) is 33.4 Å². The summed E-state index contributed by atoms with van der Waals surface area (Å²) in [4.78, 5) is 26.3. The molecule has 2 aromatic carbocycles. The van der Waals surface area contributed by atoms with Crippen molar-refractivity contribution in [2.75, 3.05) is 11.5 Å². The van der Waals surface area contributed by atoms with Crippen LogP contribution in [0.2, 0.25) is 0 Å². The molecular formula is C20H22N2O3. The van der Waals surface area contributed by atoms with Gasteiger partial charge < -0.3 is 15.0 Å². The van der Waals surface area contributed by atoms with Gasteiger partial charge in [0, 0.05) is 18.1 Å². The number of nitrogens with zero attached hydrogens (tertiary/aromatic N) is 1. The molecule has 130 valence electrons. The second kappa shape index (κ2) is 6.97. The molecule has 0 radical (unpaired) electrons. The summed E-state index contributed by atoms with van der Waals surface area (Å²) in [7, 11) is 0. The first-order chi connectivity index (χ1) is 12.0. The van der Waals surface area contributed by atoms with Crippen molar-refractivity contribution in [1.29, 1.82) is 0 Å². The molecule has 0 aliphatic carbocycles. The van der Waals surface area contributed by atoms with Crippen LogP contribution >= 0.6 is 0 Å². The Hall–Kier alpha value is -2.82. The van der Waals surface area contributed by atoms with Gasteiger partial charge in [0.1, 0.15) is 11.8 Å². The van der Waals surface area contributed by atoms with Crippen LogP contribution in [-0.2, 0) is 16.1 Å². The molecule has 2 amide bonds. The summed E-state index contributed by atoms with van der Waals surface area (Å²) in [6.45, 7) is 6.31. The van der Waals surface area contributed by atoms with E-state index in [1.54, 1.807) is 4.90 Å². The van der Waals surface area contributed by atoms with Crippen LogP contribution in [0.25, 0.3) is 0 Å². The summed E-state index contributed by atoms with van der Waals surface area (Å²) in [6, 6.07) is 12.9. The zero-order valence-electron chi connectivity index (χ0n) is 14.7. The molecule has 0 spiro atoms. The summed E-state index contributed by atoms with van der Waals surface area (Å²) in [5.41, 5.74) is 3.66. The average Bonchev–Trinajstić information content (AvgIpc) is 2.83. The Kier molecular flexibility index (Phi) is 4.74. The van der Waals surface area contributed by atoms with Gasteiger partial charge in [-0.2, -0.15) is 0 Å². The number of anilines is 1. The van der Waals surface area contributed by atoms with Crippen LogP contribution in [0.15, 0.2) is 42.5 Å². The lowest BCUT2D eigenvalue weighted by molar-refractivity contribution is -0.126. The lowest BCUT2D eigenvalue weighted by Gasteiger charge is -2.21. The first-order valence-electron chi connectivity index (χ1n) is 8.41. The maximum absolute atomic E-state index is 13.0. The highest BCUT2D eigenvalue weighted by molar-refractivity contribution is 6.06. The number of ether oxygens (including phenoxy) is 1. The van der Waals surface area contributed by atoms with E-state index >= 15 is 0 Å². The Morgan fingerprint density at radius 3 is 2.68 bits per heavy atom. The largest absolute Gasteiger partial charge is 0.494 e. The van der Waals surface area contributed by atoms with Crippen molar-refractivity contribution in [2.24, 2.45) is 0 Å². The van der Waals surface area contributed by atoms with E-state index in [0.29, 0.717) is 13.2 Å². The molecule has 1 atom stereocenters. The van der Waals surface area contributed by atoms with E-state index in [1.807, 2.05) is 56.3 Å². The molecule has 0 aromatic heterocycles. The van der Waals surface area contributed by atoms with Crippen LogP contribution < -0.4 is 15.0 Å². The molecular weight excluding hydrogens is 316 g/mol. The maximum atomic E-state index is 13.0. The van der Waals surface area contributed by atoms with Crippen LogP contribution in [0.5, 0.6) is 5.75 Å². The van der Waals surface area contributed by atoms with Crippen LogP contribution in [0.1, 0.15) is 36.6 Å². The Bertz CT molecular complexity index is 816. The molecule has 3 rings (SSSR count). The molecule has 0 saturated heterocycles. The lowest BCUT2D eigenvalue weighted by Crippen LogP contribution is -2.36. The van der Waals surface area contributed by atoms with Gasteiger partial charge in [0.05, 0.1) is 18.8 Å². The number of para-hydroxylation sites is 2. The second-order valence-electron chi connectivity index (χ2n) is 6.11. The fraction of sp³-hybridized carbons (Fsp3) is 0.300. The van der Waals surface area contributed by atoms with Gasteiger partial charge in [0.2, 0.25) is 5.91 Å². The molecule has 25 heavy (non-hydrogen) atoms. The van der Waals surface area contributed by atoms with Gasteiger partial charge in [-0.25, -0.2) is 0 Å². The first kappa shape index (κ1) is 17.0. The van der Waals surface area contributed by atoms with Gasteiger partial charge in [-0.3, -0.25) is 9.59 Å². The van der Waals surface area contributed by atoms with Gasteiger partial charge in [-0.1, -0.05) is 36.4 Å². The van der Waals surface area contributed by atoms with Gasteiger partial charge >= 0.3 is 0 Å². The van der Waals surface area contributed by atoms with Crippen molar-refractivity contribution in [3.8, 4) is 5.75 Å². The molecule has 5 heteroatoms. The Morgan fingerprint density at radius 2 is 1.96 bits per heavy atom. The van der Waals surface area contributed by atoms with E-state index in [9.17, 15) is 9.59 Å². The van der Waals surface area contributed by atoms with E-state index in [1.165, 1.54) is 6.92 Å². The highest BCUT2D eigenvalue weighted by atomic mass is 16.5. The minimum atomic E-state index is -0.633. The van der Waals surface area contributed by atoms with Gasteiger partial charge in [-0.05, 0) is 25.5 Å². The quantitative estimate of drug-likeness (QED) is 0.911. The third-order valence-corrected chi connectivity index (χ3v) is 4.31. The van der Waals surface area contributed by atoms with Crippen LogP contribution in [0.4, 0.5) is 5.69 Å². The van der Waals surface area contributed by atoms with Crippen LogP contribution in [0, 0.1) is 6.92 Å². The Balaban J connectivity index is 2.00. The number of benzene rings is 2. The maximum Gasteiger partial charge on any atom is 0.254 e.